The van der Waals surface area contributed by atoms with Gasteiger partial charge in [0.05, 0.1) is 15.6 Å². The zero-order valence-electron chi connectivity index (χ0n) is 13.1. The predicted molar refractivity (Wildman–Crippen MR) is 93.4 cm³/mol. The molecule has 1 heterocycles. The van der Waals surface area contributed by atoms with E-state index in [4.69, 9.17) is 23.2 Å². The van der Waals surface area contributed by atoms with Gasteiger partial charge >= 0.3 is 0 Å². The van der Waals surface area contributed by atoms with Crippen LogP contribution in [0, 0.1) is 11.8 Å². The van der Waals surface area contributed by atoms with Crippen molar-refractivity contribution in [1.29, 1.82) is 0 Å². The minimum atomic E-state index is -0.122. The summed E-state index contributed by atoms with van der Waals surface area (Å²) in [7, 11) is 0. The van der Waals surface area contributed by atoms with E-state index in [9.17, 15) is 4.79 Å². The van der Waals surface area contributed by atoms with E-state index in [1.54, 1.807) is 0 Å². The van der Waals surface area contributed by atoms with Gasteiger partial charge in [-0.25, -0.2) is 0 Å². The van der Waals surface area contributed by atoms with E-state index in [0.29, 0.717) is 21.5 Å². The second-order valence-electron chi connectivity index (χ2n) is 7.26. The Bertz CT molecular complexity index is 616. The molecule has 1 aliphatic heterocycles. The van der Waals surface area contributed by atoms with Gasteiger partial charge in [0, 0.05) is 12.6 Å². The molecule has 3 nitrogen and oxygen atoms in total. The van der Waals surface area contributed by atoms with Gasteiger partial charge in [0.25, 0.3) is 5.91 Å². The molecular formula is C18H22Cl2N2O. The number of carbonyl (C=O) groups excluding carboxylic acids is 1. The fraction of sp³-hybridized carbons (Fsp3) is 0.611. The fourth-order valence-corrected chi connectivity index (χ4v) is 5.01. The molecule has 2 saturated carbocycles. The summed E-state index contributed by atoms with van der Waals surface area (Å²) in [4.78, 5) is 12.4. The first-order valence-electron chi connectivity index (χ1n) is 8.63. The Kier molecular flexibility index (Phi) is 4.29. The lowest BCUT2D eigenvalue weighted by Gasteiger charge is -2.29. The number of hydrogen-bond donors (Lipinski definition) is 2. The summed E-state index contributed by atoms with van der Waals surface area (Å²) in [5.74, 6) is 2.15. The number of amides is 1. The maximum atomic E-state index is 12.4. The second-order valence-corrected chi connectivity index (χ2v) is 8.02. The van der Waals surface area contributed by atoms with Gasteiger partial charge < -0.3 is 10.6 Å². The predicted octanol–water partition coefficient (Wildman–Crippen LogP) is 3.99. The largest absolute Gasteiger partial charge is 0.348 e. The van der Waals surface area contributed by atoms with Gasteiger partial charge in [0.15, 0.2) is 0 Å². The minimum absolute atomic E-state index is 0.122. The molecule has 1 saturated heterocycles. The molecule has 4 rings (SSSR count). The van der Waals surface area contributed by atoms with Crippen LogP contribution in [0.4, 0.5) is 0 Å². The number of halogens is 2. The SMILES string of the molecule is O=C(N[C@H]1CCNC1)c1ccc(C2CC3CCC3C2)c(Cl)c1Cl. The minimum Gasteiger partial charge on any atom is -0.348 e. The summed E-state index contributed by atoms with van der Waals surface area (Å²) in [5, 5.41) is 7.26. The smallest absolute Gasteiger partial charge is 0.253 e. The number of hydrogen-bond acceptors (Lipinski definition) is 2. The molecule has 2 aliphatic carbocycles. The monoisotopic (exact) mass is 352 g/mol. The normalized spacial score (nSPS) is 32.4. The number of benzene rings is 1. The summed E-state index contributed by atoms with van der Waals surface area (Å²) >= 11 is 13.0. The maximum Gasteiger partial charge on any atom is 0.253 e. The van der Waals surface area contributed by atoms with Crippen molar-refractivity contribution in [3.63, 3.8) is 0 Å². The van der Waals surface area contributed by atoms with E-state index in [0.717, 1.165) is 36.9 Å². The molecule has 124 valence electrons. The molecule has 3 atom stereocenters. The summed E-state index contributed by atoms with van der Waals surface area (Å²) in [6.07, 6.45) is 6.13. The van der Waals surface area contributed by atoms with E-state index in [1.165, 1.54) is 25.7 Å². The summed E-state index contributed by atoms with van der Waals surface area (Å²) in [6.45, 7) is 1.77. The topological polar surface area (TPSA) is 41.1 Å². The molecule has 5 heteroatoms. The highest BCUT2D eigenvalue weighted by Crippen LogP contribution is 2.54. The van der Waals surface area contributed by atoms with Gasteiger partial charge in [-0.05, 0) is 68.0 Å². The molecule has 1 amide bonds. The third-order valence-electron chi connectivity index (χ3n) is 5.94. The lowest BCUT2D eigenvalue weighted by atomic mass is 9.77. The van der Waals surface area contributed by atoms with Crippen LogP contribution in [0.25, 0.3) is 0 Å². The van der Waals surface area contributed by atoms with Gasteiger partial charge in [-0.15, -0.1) is 0 Å². The number of rotatable bonds is 3. The third-order valence-corrected chi connectivity index (χ3v) is 6.84. The Morgan fingerprint density at radius 1 is 1.09 bits per heavy atom. The van der Waals surface area contributed by atoms with Gasteiger partial charge in [0.1, 0.15) is 0 Å². The van der Waals surface area contributed by atoms with Crippen LogP contribution in [0.2, 0.25) is 10.0 Å². The first-order chi connectivity index (χ1) is 11.1. The molecule has 3 aliphatic rings. The first-order valence-corrected chi connectivity index (χ1v) is 9.38. The van der Waals surface area contributed by atoms with E-state index in [1.807, 2.05) is 12.1 Å². The van der Waals surface area contributed by atoms with Gasteiger partial charge in [-0.1, -0.05) is 29.3 Å². The third kappa shape index (κ3) is 2.88. The summed E-state index contributed by atoms with van der Waals surface area (Å²) in [5.41, 5.74) is 1.62. The van der Waals surface area contributed by atoms with Crippen molar-refractivity contribution in [2.75, 3.05) is 13.1 Å². The van der Waals surface area contributed by atoms with Crippen LogP contribution in [0.15, 0.2) is 12.1 Å². The average Bonchev–Trinajstić information content (AvgIpc) is 3.11. The molecule has 1 aromatic rings. The van der Waals surface area contributed by atoms with Crippen LogP contribution in [-0.2, 0) is 0 Å². The van der Waals surface area contributed by atoms with Gasteiger partial charge in [-0.2, -0.15) is 0 Å². The standard InChI is InChI=1S/C18H22Cl2N2O/c19-16-14(12-7-10-1-2-11(10)8-12)3-4-15(17(16)20)18(23)22-13-5-6-21-9-13/h3-4,10-13,21H,1-2,5-9H2,(H,22,23)/t10?,11?,12?,13-/m0/s1. The Hall–Kier alpha value is -0.770. The average molecular weight is 353 g/mol. The second kappa shape index (κ2) is 6.27. The highest BCUT2D eigenvalue weighted by atomic mass is 35.5. The van der Waals surface area contributed by atoms with Crippen LogP contribution in [-0.4, -0.2) is 25.0 Å². The van der Waals surface area contributed by atoms with Crippen molar-refractivity contribution in [3.8, 4) is 0 Å². The number of fused-ring (bicyclic) bond motifs is 1. The van der Waals surface area contributed by atoms with Crippen LogP contribution in [0.3, 0.4) is 0 Å². The van der Waals surface area contributed by atoms with Crippen LogP contribution in [0.5, 0.6) is 0 Å². The molecule has 0 radical (unpaired) electrons. The van der Waals surface area contributed by atoms with Gasteiger partial charge in [0.2, 0.25) is 0 Å². The quantitative estimate of drug-likeness (QED) is 0.863. The maximum absolute atomic E-state index is 12.4. The van der Waals surface area contributed by atoms with Crippen molar-refractivity contribution in [1.82, 2.24) is 10.6 Å². The number of carbonyl (C=O) groups is 1. The highest BCUT2D eigenvalue weighted by Gasteiger charge is 2.41. The molecule has 0 spiro atoms. The molecule has 2 unspecified atom stereocenters. The van der Waals surface area contributed by atoms with Crippen molar-refractivity contribution in [2.45, 2.75) is 44.1 Å². The first kappa shape index (κ1) is 15.7. The van der Waals surface area contributed by atoms with Gasteiger partial charge in [-0.3, -0.25) is 4.79 Å². The molecule has 1 aromatic carbocycles. The van der Waals surface area contributed by atoms with Crippen molar-refractivity contribution in [2.24, 2.45) is 11.8 Å². The summed E-state index contributed by atoms with van der Waals surface area (Å²) < 4.78 is 0. The zero-order valence-corrected chi connectivity index (χ0v) is 14.6. The van der Waals surface area contributed by atoms with E-state index in [-0.39, 0.29) is 11.9 Å². The van der Waals surface area contributed by atoms with Crippen LogP contribution >= 0.6 is 23.2 Å². The highest BCUT2D eigenvalue weighted by molar-refractivity contribution is 6.44. The molecular weight excluding hydrogens is 331 g/mol. The van der Waals surface area contributed by atoms with Crippen LogP contribution in [0.1, 0.15) is 53.9 Å². The lowest BCUT2D eigenvalue weighted by molar-refractivity contribution is 0.0940. The molecule has 0 aromatic heterocycles. The van der Waals surface area contributed by atoms with Crippen LogP contribution < -0.4 is 10.6 Å². The molecule has 2 N–H and O–H groups in total. The van der Waals surface area contributed by atoms with E-state index >= 15 is 0 Å². The Balaban J connectivity index is 1.53. The zero-order chi connectivity index (χ0) is 16.0. The fourth-order valence-electron chi connectivity index (χ4n) is 4.44. The van der Waals surface area contributed by atoms with Crippen molar-refractivity contribution >= 4 is 29.1 Å². The lowest BCUT2D eigenvalue weighted by Crippen LogP contribution is -2.36. The molecule has 0 bridgehead atoms. The van der Waals surface area contributed by atoms with Crippen molar-refractivity contribution in [3.05, 3.63) is 33.3 Å². The Labute approximate surface area is 147 Å². The van der Waals surface area contributed by atoms with E-state index in [2.05, 4.69) is 10.6 Å². The van der Waals surface area contributed by atoms with Crippen molar-refractivity contribution < 1.29 is 4.79 Å². The van der Waals surface area contributed by atoms with E-state index < -0.39 is 0 Å². The Morgan fingerprint density at radius 3 is 2.43 bits per heavy atom. The molecule has 23 heavy (non-hydrogen) atoms. The Morgan fingerprint density at radius 2 is 1.83 bits per heavy atom. The number of nitrogens with one attached hydrogen (secondary N) is 2. The molecule has 3 fully saturated rings. The summed E-state index contributed by atoms with van der Waals surface area (Å²) in [6, 6.07) is 4.05.